The zero-order valence-electron chi connectivity index (χ0n) is 13.2. The van der Waals surface area contributed by atoms with E-state index in [1.807, 2.05) is 28.8 Å². The largest absolute Gasteiger partial charge is 0.352 e. The molecule has 3 rings (SSSR count). The number of para-hydroxylation sites is 2. The highest BCUT2D eigenvalue weighted by atomic mass is 35.5. The first kappa shape index (κ1) is 16.9. The Kier molecular flexibility index (Phi) is 4.95. The van der Waals surface area contributed by atoms with E-state index < -0.39 is 10.8 Å². The van der Waals surface area contributed by atoms with Gasteiger partial charge in [0.05, 0.1) is 32.9 Å². The maximum absolute atomic E-state index is 12.2. The van der Waals surface area contributed by atoms with Crippen molar-refractivity contribution in [2.24, 2.45) is 0 Å². The van der Waals surface area contributed by atoms with Gasteiger partial charge < -0.3 is 9.88 Å². The first-order chi connectivity index (χ1) is 12.1. The third-order valence-corrected chi connectivity index (χ3v) is 4.12. The lowest BCUT2D eigenvalue weighted by molar-refractivity contribution is -0.384. The van der Waals surface area contributed by atoms with Crippen LogP contribution >= 0.6 is 11.6 Å². The zero-order valence-corrected chi connectivity index (χ0v) is 13.9. The molecule has 2 aromatic carbocycles. The highest BCUT2D eigenvalue weighted by Gasteiger charge is 2.15. The second-order valence-electron chi connectivity index (χ2n) is 5.46. The Morgan fingerprint density at radius 3 is 2.88 bits per heavy atom. The van der Waals surface area contributed by atoms with E-state index in [1.165, 1.54) is 18.2 Å². The lowest BCUT2D eigenvalue weighted by Crippen LogP contribution is -2.25. The number of nitrogens with zero attached hydrogens (tertiary/aromatic N) is 3. The fourth-order valence-corrected chi connectivity index (χ4v) is 2.74. The SMILES string of the molecule is O=C(NCCCn1cnc2ccccc21)c1cc([N+](=O)[O-])ccc1Cl. The molecule has 0 fully saturated rings. The van der Waals surface area contributed by atoms with Crippen LogP contribution in [-0.4, -0.2) is 26.9 Å². The molecule has 8 heteroatoms. The molecule has 7 nitrogen and oxygen atoms in total. The molecule has 3 aromatic rings. The van der Waals surface area contributed by atoms with Gasteiger partial charge in [-0.25, -0.2) is 4.98 Å². The van der Waals surface area contributed by atoms with Crippen molar-refractivity contribution < 1.29 is 9.72 Å². The maximum atomic E-state index is 12.2. The van der Waals surface area contributed by atoms with Gasteiger partial charge in [0.2, 0.25) is 0 Å². The Hall–Kier alpha value is -2.93. The summed E-state index contributed by atoms with van der Waals surface area (Å²) in [6.45, 7) is 1.12. The lowest BCUT2D eigenvalue weighted by atomic mass is 10.2. The fraction of sp³-hybridized carbons (Fsp3) is 0.176. The van der Waals surface area contributed by atoms with Gasteiger partial charge in [0.1, 0.15) is 0 Å². The smallest absolute Gasteiger partial charge is 0.270 e. The Balaban J connectivity index is 1.58. The Labute approximate surface area is 148 Å². The number of non-ortho nitro benzene ring substituents is 1. The molecule has 1 N–H and O–H groups in total. The van der Waals surface area contributed by atoms with Crippen molar-refractivity contribution >= 4 is 34.2 Å². The highest BCUT2D eigenvalue weighted by Crippen LogP contribution is 2.22. The normalized spacial score (nSPS) is 10.8. The number of aryl methyl sites for hydroxylation is 1. The van der Waals surface area contributed by atoms with Gasteiger partial charge >= 0.3 is 0 Å². The molecule has 0 saturated heterocycles. The monoisotopic (exact) mass is 358 g/mol. The van der Waals surface area contributed by atoms with Gasteiger partial charge in [-0.1, -0.05) is 23.7 Å². The van der Waals surface area contributed by atoms with Gasteiger partial charge in [0.25, 0.3) is 11.6 Å². The first-order valence-electron chi connectivity index (χ1n) is 7.68. The van der Waals surface area contributed by atoms with Gasteiger partial charge in [-0.3, -0.25) is 14.9 Å². The summed E-state index contributed by atoms with van der Waals surface area (Å²) in [7, 11) is 0. The molecule has 0 atom stereocenters. The molecule has 0 aliphatic carbocycles. The van der Waals surface area contributed by atoms with Crippen LogP contribution in [0.2, 0.25) is 5.02 Å². The van der Waals surface area contributed by atoms with Gasteiger partial charge in [0.15, 0.2) is 0 Å². The van der Waals surface area contributed by atoms with Crippen LogP contribution in [0.1, 0.15) is 16.8 Å². The third-order valence-electron chi connectivity index (χ3n) is 3.79. The van der Waals surface area contributed by atoms with Crippen LogP contribution in [0.4, 0.5) is 5.69 Å². The van der Waals surface area contributed by atoms with Crippen LogP contribution in [0, 0.1) is 10.1 Å². The molecule has 25 heavy (non-hydrogen) atoms. The standard InChI is InChI=1S/C17H15ClN4O3/c18-14-7-6-12(22(24)25)10-13(14)17(23)19-8-3-9-21-11-20-15-4-1-2-5-16(15)21/h1-2,4-7,10-11H,3,8-9H2,(H,19,23). The number of hydrogen-bond donors (Lipinski definition) is 1. The summed E-state index contributed by atoms with van der Waals surface area (Å²) in [6.07, 6.45) is 2.46. The van der Waals surface area contributed by atoms with Crippen molar-refractivity contribution in [3.05, 3.63) is 69.5 Å². The zero-order chi connectivity index (χ0) is 17.8. The molecule has 0 aliphatic heterocycles. The van der Waals surface area contributed by atoms with E-state index in [0.717, 1.165) is 11.0 Å². The summed E-state index contributed by atoms with van der Waals surface area (Å²) in [6, 6.07) is 11.6. The van der Waals surface area contributed by atoms with Gasteiger partial charge in [-0.05, 0) is 24.6 Å². The minimum atomic E-state index is -0.558. The molecule has 1 amide bonds. The number of hydrogen-bond acceptors (Lipinski definition) is 4. The Bertz CT molecular complexity index is 939. The third kappa shape index (κ3) is 3.77. The number of nitro benzene ring substituents is 1. The molecule has 0 radical (unpaired) electrons. The van der Waals surface area contributed by atoms with Crippen molar-refractivity contribution in [2.45, 2.75) is 13.0 Å². The van der Waals surface area contributed by atoms with Crippen LogP contribution in [0.15, 0.2) is 48.8 Å². The van der Waals surface area contributed by atoms with Crippen LogP contribution in [0.25, 0.3) is 11.0 Å². The average molecular weight is 359 g/mol. The van der Waals surface area contributed by atoms with Crippen LogP contribution in [-0.2, 0) is 6.54 Å². The summed E-state index contributed by atoms with van der Waals surface area (Å²) < 4.78 is 2.02. The van der Waals surface area contributed by atoms with E-state index in [0.29, 0.717) is 19.5 Å². The summed E-state index contributed by atoms with van der Waals surface area (Å²) in [5.74, 6) is -0.427. The molecule has 0 unspecified atom stereocenters. The number of carbonyl (C=O) groups excluding carboxylic acids is 1. The summed E-state index contributed by atoms with van der Waals surface area (Å²) in [5, 5.41) is 13.7. The quantitative estimate of drug-likeness (QED) is 0.415. The first-order valence-corrected chi connectivity index (χ1v) is 8.06. The minimum absolute atomic E-state index is 0.101. The summed E-state index contributed by atoms with van der Waals surface area (Å²) in [5.41, 5.74) is 1.90. The molecule has 0 aliphatic rings. The van der Waals surface area contributed by atoms with Crippen molar-refractivity contribution in [1.82, 2.24) is 14.9 Å². The van der Waals surface area contributed by atoms with E-state index in [-0.39, 0.29) is 16.3 Å². The second kappa shape index (κ2) is 7.31. The van der Waals surface area contributed by atoms with E-state index in [2.05, 4.69) is 10.3 Å². The second-order valence-corrected chi connectivity index (χ2v) is 5.86. The molecule has 1 heterocycles. The number of amides is 1. The molecule has 0 saturated carbocycles. The van der Waals surface area contributed by atoms with Crippen molar-refractivity contribution in [2.75, 3.05) is 6.54 Å². The predicted molar refractivity (Wildman–Crippen MR) is 94.8 cm³/mol. The van der Waals surface area contributed by atoms with Crippen molar-refractivity contribution in [1.29, 1.82) is 0 Å². The molecular weight excluding hydrogens is 344 g/mol. The van der Waals surface area contributed by atoms with Gasteiger partial charge in [0, 0.05) is 25.2 Å². The van der Waals surface area contributed by atoms with Gasteiger partial charge in [-0.15, -0.1) is 0 Å². The lowest BCUT2D eigenvalue weighted by Gasteiger charge is -2.08. The maximum Gasteiger partial charge on any atom is 0.270 e. The molecule has 0 spiro atoms. The number of carbonyl (C=O) groups is 1. The fourth-order valence-electron chi connectivity index (χ4n) is 2.54. The number of nitrogens with one attached hydrogen (secondary N) is 1. The van der Waals surface area contributed by atoms with Crippen molar-refractivity contribution in [3.63, 3.8) is 0 Å². The van der Waals surface area contributed by atoms with Crippen molar-refractivity contribution in [3.8, 4) is 0 Å². The van der Waals surface area contributed by atoms with E-state index in [4.69, 9.17) is 11.6 Å². The minimum Gasteiger partial charge on any atom is -0.352 e. The number of fused-ring (bicyclic) bond motifs is 1. The molecule has 0 bridgehead atoms. The van der Waals surface area contributed by atoms with E-state index in [1.54, 1.807) is 6.33 Å². The predicted octanol–water partition coefficient (Wildman–Crippen LogP) is 3.42. The Morgan fingerprint density at radius 1 is 1.28 bits per heavy atom. The highest BCUT2D eigenvalue weighted by molar-refractivity contribution is 6.33. The summed E-state index contributed by atoms with van der Waals surface area (Å²) >= 11 is 5.96. The number of aromatic nitrogens is 2. The van der Waals surface area contributed by atoms with Crippen LogP contribution in [0.5, 0.6) is 0 Å². The molecule has 1 aromatic heterocycles. The number of halogens is 1. The molecule has 128 valence electrons. The molecular formula is C17H15ClN4O3. The topological polar surface area (TPSA) is 90.1 Å². The van der Waals surface area contributed by atoms with Gasteiger partial charge in [-0.2, -0.15) is 0 Å². The average Bonchev–Trinajstić information content (AvgIpc) is 3.02. The van der Waals surface area contributed by atoms with E-state index in [9.17, 15) is 14.9 Å². The Morgan fingerprint density at radius 2 is 2.08 bits per heavy atom. The number of rotatable bonds is 6. The van der Waals surface area contributed by atoms with Crippen LogP contribution in [0.3, 0.4) is 0 Å². The summed E-state index contributed by atoms with van der Waals surface area (Å²) in [4.78, 5) is 26.7. The van der Waals surface area contributed by atoms with Crippen LogP contribution < -0.4 is 5.32 Å². The number of nitro groups is 1. The van der Waals surface area contributed by atoms with E-state index >= 15 is 0 Å². The number of benzene rings is 2. The number of imidazole rings is 1.